The molecule has 2 aromatic heterocycles. The average Bonchev–Trinajstić information content (AvgIpc) is 3.17. The van der Waals surface area contributed by atoms with Gasteiger partial charge in [-0.3, -0.25) is 4.79 Å². The highest BCUT2D eigenvalue weighted by Gasteiger charge is 2.21. The molecule has 150 valence electrons. The first-order valence-electron chi connectivity index (χ1n) is 8.77. The highest BCUT2D eigenvalue weighted by molar-refractivity contribution is 7.98. The Morgan fingerprint density at radius 2 is 1.87 bits per heavy atom. The van der Waals surface area contributed by atoms with Crippen LogP contribution in [0.1, 0.15) is 16.2 Å². The van der Waals surface area contributed by atoms with Crippen LogP contribution in [0.4, 0.5) is 10.1 Å². The number of nitrogens with one attached hydrogen (secondary N) is 1. The molecule has 0 fully saturated rings. The fourth-order valence-electron chi connectivity index (χ4n) is 2.65. The lowest BCUT2D eigenvalue weighted by molar-refractivity contribution is 0.102. The van der Waals surface area contributed by atoms with Crippen molar-refractivity contribution in [2.45, 2.75) is 10.9 Å². The van der Waals surface area contributed by atoms with Crippen LogP contribution in [0.15, 0.2) is 72.1 Å². The van der Waals surface area contributed by atoms with E-state index in [-0.39, 0.29) is 5.69 Å². The molecule has 7 nitrogen and oxygen atoms in total. The second kappa shape index (κ2) is 9.02. The van der Waals surface area contributed by atoms with Crippen LogP contribution >= 0.6 is 23.4 Å². The summed E-state index contributed by atoms with van der Waals surface area (Å²) in [6, 6.07) is 14.4. The molecule has 0 saturated heterocycles. The predicted octanol–water partition coefficient (Wildman–Crippen LogP) is 4.39. The van der Waals surface area contributed by atoms with Gasteiger partial charge in [0.1, 0.15) is 5.82 Å². The Morgan fingerprint density at radius 1 is 1.10 bits per heavy atom. The number of amides is 1. The van der Waals surface area contributed by atoms with Crippen LogP contribution in [0.25, 0.3) is 5.69 Å². The maximum absolute atomic E-state index is 13.5. The van der Waals surface area contributed by atoms with Gasteiger partial charge >= 0.3 is 0 Å². The van der Waals surface area contributed by atoms with Gasteiger partial charge < -0.3 is 5.32 Å². The van der Waals surface area contributed by atoms with Gasteiger partial charge in [0.05, 0.1) is 11.4 Å². The Bertz CT molecular complexity index is 1170. The molecular formula is C20H14ClFN6OS. The van der Waals surface area contributed by atoms with Crippen molar-refractivity contribution in [2.75, 3.05) is 5.32 Å². The number of nitrogens with zero attached hydrogens (tertiary/aromatic N) is 5. The monoisotopic (exact) mass is 440 g/mol. The third-order valence-electron chi connectivity index (χ3n) is 4.01. The zero-order valence-corrected chi connectivity index (χ0v) is 16.9. The van der Waals surface area contributed by atoms with Gasteiger partial charge in [0, 0.05) is 28.9 Å². The van der Waals surface area contributed by atoms with Gasteiger partial charge in [-0.1, -0.05) is 34.6 Å². The van der Waals surface area contributed by atoms with Crippen molar-refractivity contribution in [2.24, 2.45) is 0 Å². The van der Waals surface area contributed by atoms with E-state index < -0.39 is 11.7 Å². The summed E-state index contributed by atoms with van der Waals surface area (Å²) in [5.41, 5.74) is 1.69. The van der Waals surface area contributed by atoms with E-state index in [1.165, 1.54) is 30.0 Å². The lowest BCUT2D eigenvalue weighted by Gasteiger charge is -2.08. The molecule has 4 aromatic rings. The first kappa shape index (κ1) is 20.0. The first-order chi connectivity index (χ1) is 14.6. The third kappa shape index (κ3) is 4.64. The molecule has 0 spiro atoms. The number of hydrogen-bond donors (Lipinski definition) is 1. The van der Waals surface area contributed by atoms with Gasteiger partial charge in [0.2, 0.25) is 0 Å². The Morgan fingerprint density at radius 3 is 2.60 bits per heavy atom. The second-order valence-corrected chi connectivity index (χ2v) is 7.44. The largest absolute Gasteiger partial charge is 0.320 e. The summed E-state index contributed by atoms with van der Waals surface area (Å²) in [6.07, 6.45) is 3.28. The van der Waals surface area contributed by atoms with Crippen LogP contribution in [0.2, 0.25) is 5.02 Å². The molecule has 30 heavy (non-hydrogen) atoms. The molecule has 0 aliphatic carbocycles. The van der Waals surface area contributed by atoms with Gasteiger partial charge in [-0.25, -0.2) is 19.0 Å². The maximum atomic E-state index is 13.5. The minimum Gasteiger partial charge on any atom is -0.320 e. The summed E-state index contributed by atoms with van der Waals surface area (Å²) in [6.45, 7) is 0. The lowest BCUT2D eigenvalue weighted by Crippen LogP contribution is -2.15. The minimum atomic E-state index is -0.495. The fraction of sp³-hybridized carbons (Fsp3) is 0.0500. The van der Waals surface area contributed by atoms with Crippen molar-refractivity contribution in [1.29, 1.82) is 0 Å². The SMILES string of the molecule is O=C(Nc1cccc(F)c1)c1nnn(-c2ccc(Cl)cc2)c1CSc1ncccn1. The van der Waals surface area contributed by atoms with Gasteiger partial charge in [0.15, 0.2) is 10.9 Å². The Hall–Kier alpha value is -3.30. The number of carbonyl (C=O) groups is 1. The smallest absolute Gasteiger partial charge is 0.278 e. The van der Waals surface area contributed by atoms with Crippen molar-refractivity contribution in [3.05, 3.63) is 89.2 Å². The number of aromatic nitrogens is 5. The summed E-state index contributed by atoms with van der Waals surface area (Å²) >= 11 is 7.32. The molecule has 0 unspecified atom stereocenters. The van der Waals surface area contributed by atoms with Crippen LogP contribution in [-0.4, -0.2) is 30.9 Å². The molecular weight excluding hydrogens is 427 g/mol. The predicted molar refractivity (Wildman–Crippen MR) is 112 cm³/mol. The van der Waals surface area contributed by atoms with E-state index in [4.69, 9.17) is 11.6 Å². The molecule has 2 heterocycles. The van der Waals surface area contributed by atoms with Gasteiger partial charge in [-0.05, 0) is 48.5 Å². The van der Waals surface area contributed by atoms with Crippen molar-refractivity contribution in [3.63, 3.8) is 0 Å². The van der Waals surface area contributed by atoms with Crippen LogP contribution in [0.5, 0.6) is 0 Å². The number of benzene rings is 2. The molecule has 4 rings (SSSR count). The molecule has 0 atom stereocenters. The van der Waals surface area contributed by atoms with E-state index in [2.05, 4.69) is 25.6 Å². The number of carbonyl (C=O) groups excluding carboxylic acids is 1. The topological polar surface area (TPSA) is 85.6 Å². The lowest BCUT2D eigenvalue weighted by atomic mass is 10.2. The first-order valence-corrected chi connectivity index (χ1v) is 10.1. The molecule has 0 radical (unpaired) electrons. The van der Waals surface area contributed by atoms with E-state index >= 15 is 0 Å². The van der Waals surface area contributed by atoms with E-state index in [1.54, 1.807) is 53.5 Å². The highest BCUT2D eigenvalue weighted by atomic mass is 35.5. The van der Waals surface area contributed by atoms with E-state index in [9.17, 15) is 9.18 Å². The molecule has 1 N–H and O–H groups in total. The maximum Gasteiger partial charge on any atom is 0.278 e. The fourth-order valence-corrected chi connectivity index (χ4v) is 3.57. The molecule has 0 saturated carbocycles. The molecule has 0 aliphatic rings. The van der Waals surface area contributed by atoms with Crippen molar-refractivity contribution in [3.8, 4) is 5.69 Å². The Balaban J connectivity index is 1.66. The third-order valence-corrected chi connectivity index (χ3v) is 5.15. The van der Waals surface area contributed by atoms with Crippen LogP contribution in [-0.2, 0) is 5.75 Å². The quantitative estimate of drug-likeness (QED) is 0.353. The summed E-state index contributed by atoms with van der Waals surface area (Å²) in [7, 11) is 0. The number of rotatable bonds is 6. The minimum absolute atomic E-state index is 0.123. The normalized spacial score (nSPS) is 10.7. The number of anilines is 1. The summed E-state index contributed by atoms with van der Waals surface area (Å²) < 4.78 is 15.0. The average molecular weight is 441 g/mol. The number of hydrogen-bond acceptors (Lipinski definition) is 6. The van der Waals surface area contributed by atoms with Crippen LogP contribution in [0, 0.1) is 5.82 Å². The second-order valence-electron chi connectivity index (χ2n) is 6.06. The van der Waals surface area contributed by atoms with Crippen LogP contribution < -0.4 is 5.32 Å². The number of thioether (sulfide) groups is 1. The van der Waals surface area contributed by atoms with Crippen molar-refractivity contribution < 1.29 is 9.18 Å². The zero-order valence-electron chi connectivity index (χ0n) is 15.4. The van der Waals surface area contributed by atoms with Crippen LogP contribution in [0.3, 0.4) is 0 Å². The number of halogens is 2. The van der Waals surface area contributed by atoms with Gasteiger partial charge in [-0.15, -0.1) is 5.10 Å². The van der Waals surface area contributed by atoms with E-state index in [0.29, 0.717) is 33.0 Å². The Kier molecular flexibility index (Phi) is 6.01. The van der Waals surface area contributed by atoms with Gasteiger partial charge in [0.25, 0.3) is 5.91 Å². The summed E-state index contributed by atoms with van der Waals surface area (Å²) in [5.74, 6) is -0.606. The summed E-state index contributed by atoms with van der Waals surface area (Å²) in [4.78, 5) is 21.2. The molecule has 0 bridgehead atoms. The molecule has 2 aromatic carbocycles. The Labute approximate surface area is 180 Å². The molecule has 10 heteroatoms. The zero-order chi connectivity index (χ0) is 20.9. The van der Waals surface area contributed by atoms with E-state index in [0.717, 1.165) is 0 Å². The van der Waals surface area contributed by atoms with Crippen molar-refractivity contribution in [1.82, 2.24) is 25.0 Å². The molecule has 1 amide bonds. The highest BCUT2D eigenvalue weighted by Crippen LogP contribution is 2.24. The van der Waals surface area contributed by atoms with Gasteiger partial charge in [-0.2, -0.15) is 0 Å². The molecule has 0 aliphatic heterocycles. The van der Waals surface area contributed by atoms with Crippen molar-refractivity contribution >= 4 is 35.0 Å². The standard InChI is InChI=1S/C20H14ClFN6OS/c21-13-5-7-16(8-6-13)28-17(12-30-20-23-9-2-10-24-20)18(26-27-28)19(29)25-15-4-1-3-14(22)11-15/h1-11H,12H2,(H,25,29). The summed E-state index contributed by atoms with van der Waals surface area (Å²) in [5, 5.41) is 12.0. The van der Waals surface area contributed by atoms with E-state index in [1.807, 2.05) is 0 Å².